The molecule has 2 rings (SSSR count). The molecular formula is C16H14F2N2O4S. The summed E-state index contributed by atoms with van der Waals surface area (Å²) in [6, 6.07) is 9.79. The number of sulfone groups is 1. The van der Waals surface area contributed by atoms with Crippen molar-refractivity contribution >= 4 is 33.0 Å². The van der Waals surface area contributed by atoms with Crippen LogP contribution in [0.25, 0.3) is 0 Å². The highest BCUT2D eigenvalue weighted by Gasteiger charge is 2.19. The molecule has 0 aliphatic rings. The topological polar surface area (TPSA) is 92.3 Å². The Morgan fingerprint density at radius 3 is 2.24 bits per heavy atom. The van der Waals surface area contributed by atoms with E-state index in [0.717, 1.165) is 18.4 Å². The van der Waals surface area contributed by atoms with Gasteiger partial charge in [-0.3, -0.25) is 9.59 Å². The van der Waals surface area contributed by atoms with Crippen molar-refractivity contribution in [2.24, 2.45) is 0 Å². The minimum atomic E-state index is -3.66. The summed E-state index contributed by atoms with van der Waals surface area (Å²) in [6.45, 7) is 0. The summed E-state index contributed by atoms with van der Waals surface area (Å²) in [4.78, 5) is 23.6. The smallest absolute Gasteiger partial charge is 0.255 e. The first kappa shape index (κ1) is 18.5. The molecule has 0 aliphatic carbocycles. The van der Waals surface area contributed by atoms with Gasteiger partial charge in [-0.15, -0.1) is 0 Å². The van der Waals surface area contributed by atoms with E-state index in [1.165, 1.54) is 12.1 Å². The predicted molar refractivity (Wildman–Crippen MR) is 89.1 cm³/mol. The summed E-state index contributed by atoms with van der Waals surface area (Å²) in [5.41, 5.74) is -0.932. The van der Waals surface area contributed by atoms with Gasteiger partial charge in [0, 0.05) is 11.8 Å². The molecule has 6 nitrogen and oxygen atoms in total. The molecule has 0 aliphatic heterocycles. The van der Waals surface area contributed by atoms with Crippen LogP contribution in [0.4, 0.5) is 20.2 Å². The number of amides is 2. The van der Waals surface area contributed by atoms with E-state index in [1.54, 1.807) is 18.2 Å². The van der Waals surface area contributed by atoms with Crippen LogP contribution in [0.2, 0.25) is 0 Å². The Labute approximate surface area is 142 Å². The van der Waals surface area contributed by atoms with Crippen LogP contribution in [0.15, 0.2) is 42.5 Å². The van der Waals surface area contributed by atoms with Gasteiger partial charge < -0.3 is 10.6 Å². The van der Waals surface area contributed by atoms with Crippen molar-refractivity contribution < 1.29 is 26.8 Å². The Hall–Kier alpha value is -2.81. The van der Waals surface area contributed by atoms with Gasteiger partial charge in [-0.25, -0.2) is 17.2 Å². The summed E-state index contributed by atoms with van der Waals surface area (Å²) in [5.74, 6) is -4.96. The van der Waals surface area contributed by atoms with Crippen molar-refractivity contribution in [1.29, 1.82) is 0 Å². The van der Waals surface area contributed by atoms with Crippen molar-refractivity contribution in [3.05, 3.63) is 59.7 Å². The van der Waals surface area contributed by atoms with Crippen LogP contribution in [0.1, 0.15) is 10.4 Å². The first-order valence-corrected chi connectivity index (χ1v) is 9.05. The lowest BCUT2D eigenvalue weighted by atomic mass is 10.2. The van der Waals surface area contributed by atoms with Crippen molar-refractivity contribution in [2.75, 3.05) is 22.6 Å². The average molecular weight is 368 g/mol. The second kappa shape index (κ2) is 7.39. The third kappa shape index (κ3) is 5.08. The molecule has 2 aromatic rings. The summed E-state index contributed by atoms with van der Waals surface area (Å²) < 4.78 is 50.3. The van der Waals surface area contributed by atoms with Crippen molar-refractivity contribution in [1.82, 2.24) is 0 Å². The van der Waals surface area contributed by atoms with Crippen molar-refractivity contribution in [2.45, 2.75) is 0 Å². The highest BCUT2D eigenvalue weighted by Crippen LogP contribution is 2.26. The molecule has 0 saturated heterocycles. The predicted octanol–water partition coefficient (Wildman–Crippen LogP) is 2.20. The molecule has 0 heterocycles. The van der Waals surface area contributed by atoms with Gasteiger partial charge in [0.25, 0.3) is 5.91 Å². The molecule has 2 amide bonds. The highest BCUT2D eigenvalue weighted by atomic mass is 32.2. The monoisotopic (exact) mass is 368 g/mol. The van der Waals surface area contributed by atoms with Crippen LogP contribution in [-0.4, -0.2) is 32.2 Å². The maximum Gasteiger partial charge on any atom is 0.255 e. The lowest BCUT2D eigenvalue weighted by Gasteiger charge is -2.12. The Kier molecular flexibility index (Phi) is 5.48. The Balaban J connectivity index is 2.24. The molecule has 0 atom stereocenters. The van der Waals surface area contributed by atoms with Crippen molar-refractivity contribution in [3.8, 4) is 0 Å². The molecule has 2 aromatic carbocycles. The minimum Gasteiger partial charge on any atom is -0.320 e. The second-order valence-electron chi connectivity index (χ2n) is 5.22. The second-order valence-corrected chi connectivity index (χ2v) is 7.36. The van der Waals surface area contributed by atoms with E-state index in [2.05, 4.69) is 5.32 Å². The summed E-state index contributed by atoms with van der Waals surface area (Å²) >= 11 is 0. The number of hydrogen-bond donors (Lipinski definition) is 2. The van der Waals surface area contributed by atoms with Gasteiger partial charge in [0.2, 0.25) is 5.91 Å². The van der Waals surface area contributed by atoms with Gasteiger partial charge in [-0.05, 0) is 24.3 Å². The van der Waals surface area contributed by atoms with Gasteiger partial charge in [0.1, 0.15) is 17.3 Å². The number of benzene rings is 2. The Bertz CT molecular complexity index is 915. The zero-order chi connectivity index (χ0) is 18.6. The van der Waals surface area contributed by atoms with E-state index >= 15 is 0 Å². The minimum absolute atomic E-state index is 0.258. The van der Waals surface area contributed by atoms with Gasteiger partial charge >= 0.3 is 0 Å². The fourth-order valence-corrected chi connectivity index (χ4v) is 2.51. The Morgan fingerprint density at radius 1 is 1.00 bits per heavy atom. The van der Waals surface area contributed by atoms with Crippen LogP contribution in [0.3, 0.4) is 0 Å². The van der Waals surface area contributed by atoms with E-state index < -0.39 is 44.7 Å². The van der Waals surface area contributed by atoms with Crippen LogP contribution in [-0.2, 0) is 14.6 Å². The van der Waals surface area contributed by atoms with Crippen LogP contribution in [0, 0.1) is 11.6 Å². The Morgan fingerprint density at radius 2 is 1.64 bits per heavy atom. The highest BCUT2D eigenvalue weighted by molar-refractivity contribution is 7.91. The van der Waals surface area contributed by atoms with Gasteiger partial charge in [0.15, 0.2) is 15.7 Å². The molecule has 132 valence electrons. The zero-order valence-corrected chi connectivity index (χ0v) is 13.9. The molecule has 0 bridgehead atoms. The largest absolute Gasteiger partial charge is 0.320 e. The molecule has 0 unspecified atom stereocenters. The third-order valence-electron chi connectivity index (χ3n) is 3.03. The first-order valence-electron chi connectivity index (χ1n) is 6.99. The summed E-state index contributed by atoms with van der Waals surface area (Å²) in [6.07, 6.45) is 0.815. The quantitative estimate of drug-likeness (QED) is 0.846. The standard InChI is InChI=1S/C16H14F2N2O4S/c1-25(23,24)9-13(21)20-15-11(17)7-8-12(14(15)18)19-16(22)10-5-3-2-4-6-10/h2-8H,9H2,1H3,(H,19,22)(H,20,21). The van der Waals surface area contributed by atoms with E-state index in [-0.39, 0.29) is 11.3 Å². The van der Waals surface area contributed by atoms with Gasteiger partial charge in [0.05, 0.1) is 5.69 Å². The van der Waals surface area contributed by atoms with E-state index in [0.29, 0.717) is 0 Å². The SMILES string of the molecule is CS(=O)(=O)CC(=O)Nc1c(F)ccc(NC(=O)c2ccccc2)c1F. The molecule has 0 radical (unpaired) electrons. The number of carbonyl (C=O) groups excluding carboxylic acids is 2. The molecule has 2 N–H and O–H groups in total. The fraction of sp³-hybridized carbons (Fsp3) is 0.125. The molecule has 0 aromatic heterocycles. The molecule has 0 spiro atoms. The normalized spacial score (nSPS) is 11.0. The molecule has 0 saturated carbocycles. The number of nitrogens with one attached hydrogen (secondary N) is 2. The molecule has 9 heteroatoms. The zero-order valence-electron chi connectivity index (χ0n) is 13.0. The number of carbonyl (C=O) groups is 2. The maximum absolute atomic E-state index is 14.4. The van der Waals surface area contributed by atoms with E-state index in [4.69, 9.17) is 0 Å². The third-order valence-corrected chi connectivity index (χ3v) is 3.82. The molecule has 25 heavy (non-hydrogen) atoms. The van der Waals surface area contributed by atoms with Gasteiger partial charge in [-0.2, -0.15) is 0 Å². The number of anilines is 2. The van der Waals surface area contributed by atoms with Crippen LogP contribution >= 0.6 is 0 Å². The van der Waals surface area contributed by atoms with E-state index in [9.17, 15) is 26.8 Å². The molecule has 0 fully saturated rings. The lowest BCUT2D eigenvalue weighted by molar-refractivity contribution is -0.113. The molecular weight excluding hydrogens is 354 g/mol. The lowest BCUT2D eigenvalue weighted by Crippen LogP contribution is -2.23. The summed E-state index contributed by atoms with van der Waals surface area (Å²) in [7, 11) is -3.66. The summed E-state index contributed by atoms with van der Waals surface area (Å²) in [5, 5.41) is 4.13. The van der Waals surface area contributed by atoms with Gasteiger partial charge in [-0.1, -0.05) is 18.2 Å². The maximum atomic E-state index is 14.4. The van der Waals surface area contributed by atoms with Crippen LogP contribution < -0.4 is 10.6 Å². The van der Waals surface area contributed by atoms with Crippen molar-refractivity contribution in [3.63, 3.8) is 0 Å². The number of halogens is 2. The average Bonchev–Trinajstić information content (AvgIpc) is 2.53. The van der Waals surface area contributed by atoms with E-state index in [1.807, 2.05) is 5.32 Å². The van der Waals surface area contributed by atoms with Crippen LogP contribution in [0.5, 0.6) is 0 Å². The number of hydrogen-bond acceptors (Lipinski definition) is 4. The number of rotatable bonds is 5. The first-order chi connectivity index (χ1) is 11.7. The fourth-order valence-electron chi connectivity index (χ4n) is 1.96.